The molecule has 2 aromatic carbocycles. The Morgan fingerprint density at radius 3 is 2.44 bits per heavy atom. The van der Waals surface area contributed by atoms with Gasteiger partial charge in [-0.05, 0) is 18.2 Å². The molecule has 2 aliphatic heterocycles. The maximum atomic E-state index is 14.3. The van der Waals surface area contributed by atoms with E-state index in [0.29, 0.717) is 45.0 Å². The molecule has 0 aromatic heterocycles. The van der Waals surface area contributed by atoms with E-state index < -0.39 is 5.92 Å². The lowest BCUT2D eigenvalue weighted by atomic mass is 9.85. The van der Waals surface area contributed by atoms with Gasteiger partial charge in [-0.3, -0.25) is 9.69 Å². The van der Waals surface area contributed by atoms with Gasteiger partial charge < -0.3 is 19.1 Å². The molecule has 1 fully saturated rings. The molecule has 4 rings (SSSR count). The summed E-state index contributed by atoms with van der Waals surface area (Å²) in [5.41, 5.74) is 1.58. The van der Waals surface area contributed by atoms with Crippen LogP contribution in [-0.4, -0.2) is 44.7 Å². The molecule has 2 heterocycles. The molecule has 0 N–H and O–H groups in total. The lowest BCUT2D eigenvalue weighted by Gasteiger charge is -2.42. The highest BCUT2D eigenvalue weighted by Crippen LogP contribution is 2.47. The van der Waals surface area contributed by atoms with Crippen LogP contribution in [0.5, 0.6) is 17.2 Å². The summed E-state index contributed by atoms with van der Waals surface area (Å²) in [6.07, 6.45) is 0.0872. The molecule has 0 bridgehead atoms. The number of fused-ring (bicyclic) bond motifs is 1. The van der Waals surface area contributed by atoms with E-state index in [0.717, 1.165) is 0 Å². The Bertz CT molecular complexity index is 1130. The number of benzene rings is 2. The quantitative estimate of drug-likeness (QED) is 0.673. The molecular weight excluding hydrogens is 433 g/mol. The monoisotopic (exact) mass is 455 g/mol. The fourth-order valence-corrected chi connectivity index (χ4v) is 5.17. The highest BCUT2D eigenvalue weighted by Gasteiger charge is 2.40. The summed E-state index contributed by atoms with van der Waals surface area (Å²) >= 11 is 1.35. The molecule has 2 aliphatic rings. The Hall–Kier alpha value is -3.38. The maximum Gasteiger partial charge on any atom is 0.229 e. The molecule has 7 nitrogen and oxygen atoms in total. The van der Waals surface area contributed by atoms with E-state index in [4.69, 9.17) is 14.2 Å². The first-order chi connectivity index (χ1) is 15.5. The number of hydrogen-bond donors (Lipinski definition) is 0. The van der Waals surface area contributed by atoms with Gasteiger partial charge in [-0.15, -0.1) is 0 Å². The van der Waals surface area contributed by atoms with E-state index in [2.05, 4.69) is 6.07 Å². The normalized spacial score (nSPS) is 18.2. The van der Waals surface area contributed by atoms with Crippen LogP contribution in [-0.2, 0) is 4.79 Å². The lowest BCUT2D eigenvalue weighted by molar-refractivity contribution is -0.129. The SMILES string of the molecule is COc1cc(OC)c([C@@H]2CC(=O)N3CN(c4ccccc4F)CSC3=C2C#N)cc1OC. The number of nitriles is 1. The van der Waals surface area contributed by atoms with Crippen LogP contribution in [0, 0.1) is 17.1 Å². The Kier molecular flexibility index (Phi) is 6.15. The van der Waals surface area contributed by atoms with Crippen LogP contribution in [0.3, 0.4) is 0 Å². The van der Waals surface area contributed by atoms with Gasteiger partial charge in [0.2, 0.25) is 5.91 Å². The Balaban J connectivity index is 1.74. The average molecular weight is 456 g/mol. The fraction of sp³-hybridized carbons (Fsp3) is 0.304. The summed E-state index contributed by atoms with van der Waals surface area (Å²) in [5.74, 6) is 0.934. The summed E-state index contributed by atoms with van der Waals surface area (Å²) < 4.78 is 30.6. The number of hydrogen-bond acceptors (Lipinski definition) is 7. The Morgan fingerprint density at radius 2 is 1.78 bits per heavy atom. The van der Waals surface area contributed by atoms with Crippen molar-refractivity contribution in [1.29, 1.82) is 5.26 Å². The molecule has 32 heavy (non-hydrogen) atoms. The van der Waals surface area contributed by atoms with Crippen LogP contribution in [0.25, 0.3) is 0 Å². The fourth-order valence-electron chi connectivity index (χ4n) is 4.01. The second kappa shape index (κ2) is 9.01. The first kappa shape index (κ1) is 21.8. The molecule has 1 amide bonds. The van der Waals surface area contributed by atoms with Crippen molar-refractivity contribution in [2.75, 3.05) is 38.8 Å². The molecule has 166 valence electrons. The Morgan fingerprint density at radius 1 is 1.09 bits per heavy atom. The van der Waals surface area contributed by atoms with Crippen LogP contribution >= 0.6 is 11.8 Å². The van der Waals surface area contributed by atoms with Gasteiger partial charge in [0.25, 0.3) is 0 Å². The predicted molar refractivity (Wildman–Crippen MR) is 119 cm³/mol. The van der Waals surface area contributed by atoms with Gasteiger partial charge in [-0.1, -0.05) is 23.9 Å². The number of carbonyl (C=O) groups excluding carboxylic acids is 1. The average Bonchev–Trinajstić information content (AvgIpc) is 2.83. The van der Waals surface area contributed by atoms with Crippen molar-refractivity contribution >= 4 is 23.4 Å². The highest BCUT2D eigenvalue weighted by molar-refractivity contribution is 8.03. The highest BCUT2D eigenvalue weighted by atomic mass is 32.2. The van der Waals surface area contributed by atoms with Gasteiger partial charge in [0.15, 0.2) is 11.5 Å². The number of carbonyl (C=O) groups is 1. The molecule has 0 saturated carbocycles. The topological polar surface area (TPSA) is 75.0 Å². The standard InChI is InChI=1S/C23H22FN3O4S/c1-29-19-10-21(31-3)20(30-2)8-15(19)14-9-22(28)27-12-26(13-32-23(27)16(14)11-25)18-7-5-4-6-17(18)24/h4-8,10,14H,9,12-13H2,1-3H3/t14-/m0/s1. The minimum Gasteiger partial charge on any atom is -0.496 e. The summed E-state index contributed by atoms with van der Waals surface area (Å²) in [4.78, 5) is 16.5. The first-order valence-electron chi connectivity index (χ1n) is 9.89. The zero-order valence-corrected chi connectivity index (χ0v) is 18.7. The number of thioether (sulfide) groups is 1. The molecule has 0 unspecified atom stereocenters. The van der Waals surface area contributed by atoms with E-state index in [1.807, 2.05) is 0 Å². The number of halogens is 1. The number of ether oxygens (including phenoxy) is 3. The van der Waals surface area contributed by atoms with Crippen LogP contribution in [0.2, 0.25) is 0 Å². The molecule has 0 aliphatic carbocycles. The maximum absolute atomic E-state index is 14.3. The number of rotatable bonds is 5. The molecule has 1 atom stereocenters. The smallest absolute Gasteiger partial charge is 0.229 e. The van der Waals surface area contributed by atoms with Crippen molar-refractivity contribution in [1.82, 2.24) is 4.90 Å². The molecule has 9 heteroatoms. The summed E-state index contributed by atoms with van der Waals surface area (Å²) in [5, 5.41) is 10.6. The third-order valence-corrected chi connectivity index (χ3v) is 6.75. The largest absolute Gasteiger partial charge is 0.496 e. The second-order valence-electron chi connectivity index (χ2n) is 7.26. The van der Waals surface area contributed by atoms with Crippen molar-refractivity contribution < 1.29 is 23.4 Å². The minimum atomic E-state index is -0.485. The summed E-state index contributed by atoms with van der Waals surface area (Å²) in [6, 6.07) is 12.2. The minimum absolute atomic E-state index is 0.0872. The van der Waals surface area contributed by atoms with Gasteiger partial charge >= 0.3 is 0 Å². The van der Waals surface area contributed by atoms with Gasteiger partial charge in [0.05, 0.1) is 56.2 Å². The van der Waals surface area contributed by atoms with E-state index in [-0.39, 0.29) is 24.8 Å². The number of nitrogens with zero attached hydrogens (tertiary/aromatic N) is 3. The first-order valence-corrected chi connectivity index (χ1v) is 10.9. The van der Waals surface area contributed by atoms with Crippen molar-refractivity contribution in [3.63, 3.8) is 0 Å². The van der Waals surface area contributed by atoms with Crippen molar-refractivity contribution in [3.8, 4) is 23.3 Å². The number of anilines is 1. The van der Waals surface area contributed by atoms with E-state index in [1.54, 1.807) is 40.1 Å². The lowest BCUT2D eigenvalue weighted by Crippen LogP contribution is -2.47. The van der Waals surface area contributed by atoms with Crippen molar-refractivity contribution in [2.45, 2.75) is 12.3 Å². The number of allylic oxidation sites excluding steroid dienone is 1. The number of methoxy groups -OCH3 is 3. The summed E-state index contributed by atoms with van der Waals surface area (Å²) in [7, 11) is 4.59. The van der Waals surface area contributed by atoms with E-state index in [9.17, 15) is 14.4 Å². The zero-order valence-electron chi connectivity index (χ0n) is 17.9. The van der Waals surface area contributed by atoms with Crippen LogP contribution < -0.4 is 19.1 Å². The number of para-hydroxylation sites is 1. The van der Waals surface area contributed by atoms with Crippen molar-refractivity contribution in [2.24, 2.45) is 0 Å². The third-order valence-electron chi connectivity index (χ3n) is 5.60. The van der Waals surface area contributed by atoms with E-state index >= 15 is 0 Å². The Labute approximate surface area is 190 Å². The van der Waals surface area contributed by atoms with Gasteiger partial charge in [0, 0.05) is 24.0 Å². The van der Waals surface area contributed by atoms with Crippen molar-refractivity contribution in [3.05, 3.63) is 58.4 Å². The van der Waals surface area contributed by atoms with Crippen LogP contribution in [0.1, 0.15) is 17.9 Å². The molecule has 2 aromatic rings. The second-order valence-corrected chi connectivity index (χ2v) is 8.20. The zero-order chi connectivity index (χ0) is 22.8. The third kappa shape index (κ3) is 3.71. The molecule has 1 saturated heterocycles. The van der Waals surface area contributed by atoms with Gasteiger partial charge in [-0.25, -0.2) is 4.39 Å². The molecule has 0 spiro atoms. The predicted octanol–water partition coefficient (Wildman–Crippen LogP) is 4.07. The van der Waals surface area contributed by atoms with Crippen LogP contribution in [0.15, 0.2) is 47.0 Å². The van der Waals surface area contributed by atoms with Crippen LogP contribution in [0.4, 0.5) is 10.1 Å². The summed E-state index contributed by atoms with van der Waals surface area (Å²) in [6.45, 7) is 0.184. The molecule has 0 radical (unpaired) electrons. The van der Waals surface area contributed by atoms with Gasteiger partial charge in [0.1, 0.15) is 11.6 Å². The number of amides is 1. The van der Waals surface area contributed by atoms with E-state index in [1.165, 1.54) is 39.2 Å². The van der Waals surface area contributed by atoms with Gasteiger partial charge in [-0.2, -0.15) is 5.26 Å². The molecular formula is C23H22FN3O4S.